The summed E-state index contributed by atoms with van der Waals surface area (Å²) in [6.45, 7) is 12.3. The maximum atomic E-state index is 12.2. The van der Waals surface area contributed by atoms with Gasteiger partial charge in [0.25, 0.3) is 5.56 Å². The van der Waals surface area contributed by atoms with Gasteiger partial charge < -0.3 is 9.16 Å². The van der Waals surface area contributed by atoms with E-state index in [1.807, 2.05) is 0 Å². The number of hydrogen-bond donors (Lipinski definition) is 1. The van der Waals surface area contributed by atoms with E-state index in [9.17, 15) is 14.2 Å². The molecule has 1 fully saturated rings. The minimum absolute atomic E-state index is 0.00984. The Labute approximate surface area is 166 Å². The van der Waals surface area contributed by atoms with Crippen molar-refractivity contribution in [3.05, 3.63) is 32.6 Å². The lowest BCUT2D eigenvalue weighted by Crippen LogP contribution is -2.46. The van der Waals surface area contributed by atoms with E-state index in [4.69, 9.17) is 13.7 Å². The minimum Gasteiger partial charge on any atom is -0.411 e. The molecule has 158 valence electrons. The number of nitrogens with one attached hydrogen (secondary N) is 1. The predicted octanol–water partition coefficient (Wildman–Crippen LogP) is 2.84. The molecule has 9 nitrogen and oxygen atoms in total. The lowest BCUT2D eigenvalue weighted by atomic mass is 10.2. The maximum absolute atomic E-state index is 12.2. The monoisotopic (exact) mass is 433 g/mol. The third-order valence-corrected chi connectivity index (χ3v) is 10.5. The highest BCUT2D eigenvalue weighted by Crippen LogP contribution is 2.41. The Hall–Kier alpha value is -1.16. The zero-order chi connectivity index (χ0) is 21.3. The van der Waals surface area contributed by atoms with Crippen molar-refractivity contribution in [3.63, 3.8) is 0 Å². The van der Waals surface area contributed by atoms with Gasteiger partial charge in [-0.05, 0) is 25.1 Å². The molecule has 2 heterocycles. The lowest BCUT2D eigenvalue weighted by Gasteiger charge is -2.39. The summed E-state index contributed by atoms with van der Waals surface area (Å²) in [5, 5.41) is -0.0143. The van der Waals surface area contributed by atoms with Crippen molar-refractivity contribution in [2.24, 2.45) is 0 Å². The summed E-state index contributed by atoms with van der Waals surface area (Å²) in [7, 11) is -3.07. The molecule has 11 heteroatoms. The van der Waals surface area contributed by atoms with E-state index in [-0.39, 0.29) is 17.7 Å². The first-order valence-electron chi connectivity index (χ1n) is 9.15. The van der Waals surface area contributed by atoms with Crippen LogP contribution in [0.2, 0.25) is 18.1 Å². The zero-order valence-corrected chi connectivity index (χ0v) is 19.4. The molecule has 1 aliphatic heterocycles. The number of H-pyrrole nitrogens is 1. The molecule has 28 heavy (non-hydrogen) atoms. The van der Waals surface area contributed by atoms with E-state index in [2.05, 4.69) is 43.4 Å². The SMILES string of the molecule is CO[P+](=O)OC[C@H]1O[C@@H](n2cc(C)c(=O)[nH]c2=O)C[C@@H]1O[Si](C)(C)C(C)(C)C. The fourth-order valence-corrected chi connectivity index (χ4v) is 4.42. The second-order valence-electron chi connectivity index (χ2n) is 8.46. The highest BCUT2D eigenvalue weighted by molar-refractivity contribution is 7.33. The molecule has 0 bridgehead atoms. The number of rotatable bonds is 7. The number of nitrogens with zero attached hydrogens (tertiary/aromatic N) is 1. The average molecular weight is 433 g/mol. The van der Waals surface area contributed by atoms with Crippen LogP contribution in [0.5, 0.6) is 0 Å². The molecule has 0 amide bonds. The van der Waals surface area contributed by atoms with E-state index in [1.165, 1.54) is 17.9 Å². The fraction of sp³-hybridized carbons (Fsp3) is 0.765. The summed E-state index contributed by atoms with van der Waals surface area (Å²) in [4.78, 5) is 26.2. The van der Waals surface area contributed by atoms with Crippen LogP contribution in [0.15, 0.2) is 15.8 Å². The Morgan fingerprint density at radius 1 is 1.36 bits per heavy atom. The number of ether oxygens (including phenoxy) is 1. The number of aromatic amines is 1. The fourth-order valence-electron chi connectivity index (χ4n) is 2.69. The minimum atomic E-state index is -2.24. The van der Waals surface area contributed by atoms with Crippen LogP contribution in [0.3, 0.4) is 0 Å². The van der Waals surface area contributed by atoms with Crippen LogP contribution >= 0.6 is 8.25 Å². The Balaban J connectivity index is 2.28. The van der Waals surface area contributed by atoms with Gasteiger partial charge in [-0.1, -0.05) is 20.8 Å². The van der Waals surface area contributed by atoms with E-state index in [0.717, 1.165) is 0 Å². The van der Waals surface area contributed by atoms with Crippen LogP contribution in [0.4, 0.5) is 0 Å². The van der Waals surface area contributed by atoms with Crippen molar-refractivity contribution in [2.75, 3.05) is 13.7 Å². The molecule has 1 N–H and O–H groups in total. The molecule has 1 saturated heterocycles. The number of aromatic nitrogens is 2. The molecule has 0 radical (unpaired) electrons. The van der Waals surface area contributed by atoms with Crippen LogP contribution in [-0.4, -0.2) is 43.8 Å². The van der Waals surface area contributed by atoms with Crippen LogP contribution in [0.1, 0.15) is 39.0 Å². The van der Waals surface area contributed by atoms with Gasteiger partial charge >= 0.3 is 13.9 Å². The average Bonchev–Trinajstić information content (AvgIpc) is 2.96. The van der Waals surface area contributed by atoms with Gasteiger partial charge in [-0.25, -0.2) is 4.79 Å². The van der Waals surface area contributed by atoms with Gasteiger partial charge in [0.2, 0.25) is 0 Å². The quantitative estimate of drug-likeness (QED) is 0.520. The largest absolute Gasteiger partial charge is 0.697 e. The van der Waals surface area contributed by atoms with E-state index in [1.54, 1.807) is 6.92 Å². The second-order valence-corrected chi connectivity index (χ2v) is 14.3. The van der Waals surface area contributed by atoms with Crippen molar-refractivity contribution in [2.45, 2.75) is 70.7 Å². The highest BCUT2D eigenvalue weighted by atomic mass is 31.1. The summed E-state index contributed by atoms with van der Waals surface area (Å²) in [6, 6.07) is 0. The maximum Gasteiger partial charge on any atom is 0.697 e. The third-order valence-electron chi connectivity index (χ3n) is 5.38. The van der Waals surface area contributed by atoms with Crippen LogP contribution in [0.25, 0.3) is 0 Å². The Morgan fingerprint density at radius 3 is 2.57 bits per heavy atom. The van der Waals surface area contributed by atoms with Gasteiger partial charge in [0.1, 0.15) is 18.9 Å². The summed E-state index contributed by atoms with van der Waals surface area (Å²) >= 11 is 0. The molecule has 0 spiro atoms. The van der Waals surface area contributed by atoms with Crippen molar-refractivity contribution in [3.8, 4) is 0 Å². The van der Waals surface area contributed by atoms with Gasteiger partial charge in [-0.3, -0.25) is 14.3 Å². The van der Waals surface area contributed by atoms with Gasteiger partial charge in [0, 0.05) is 22.7 Å². The molecule has 4 atom stereocenters. The third kappa shape index (κ3) is 5.25. The Bertz CT molecular complexity index is 830. The van der Waals surface area contributed by atoms with Crippen molar-refractivity contribution in [1.29, 1.82) is 0 Å². The van der Waals surface area contributed by atoms with Crippen LogP contribution in [0, 0.1) is 6.92 Å². The molecule has 0 aromatic carbocycles. The van der Waals surface area contributed by atoms with Gasteiger partial charge in [0.15, 0.2) is 8.32 Å². The molecule has 1 aliphatic rings. The topological polar surface area (TPSA) is 109 Å². The molecule has 2 rings (SSSR count). The van der Waals surface area contributed by atoms with E-state index in [0.29, 0.717) is 12.0 Å². The number of hydrogen-bond acceptors (Lipinski definition) is 7. The standard InChI is InChI=1S/C17H29N2O7PSi/c1-11-9-19(16(21)18-15(11)20)14-8-12(26-28(6,7)17(2,3)4)13(25-14)10-24-27(22)23-5/h9,12-14H,8,10H2,1-7H3/p+1/t12-,13+,14+/m0/s1. The predicted molar refractivity (Wildman–Crippen MR) is 107 cm³/mol. The van der Waals surface area contributed by atoms with Gasteiger partial charge in [0.05, 0.1) is 13.2 Å². The van der Waals surface area contributed by atoms with E-state index >= 15 is 0 Å². The molecule has 0 aliphatic carbocycles. The lowest BCUT2D eigenvalue weighted by molar-refractivity contribution is -0.0396. The molecular weight excluding hydrogens is 403 g/mol. The first-order valence-corrected chi connectivity index (χ1v) is 13.2. The summed E-state index contributed by atoms with van der Waals surface area (Å²) in [6.07, 6.45) is 0.411. The molecule has 0 saturated carbocycles. The molecular formula is C17H30N2O7PSi+. The molecule has 1 aromatic heterocycles. The number of aryl methyl sites for hydroxylation is 1. The summed E-state index contributed by atoms with van der Waals surface area (Å²) < 4.78 is 35.3. The van der Waals surface area contributed by atoms with Crippen molar-refractivity contribution >= 4 is 16.6 Å². The van der Waals surface area contributed by atoms with Crippen molar-refractivity contribution in [1.82, 2.24) is 9.55 Å². The normalized spacial score (nSPS) is 23.8. The van der Waals surface area contributed by atoms with Gasteiger partial charge in [-0.2, -0.15) is 0 Å². The van der Waals surface area contributed by atoms with Crippen LogP contribution in [-0.2, 0) is 22.8 Å². The molecule has 1 unspecified atom stereocenters. The highest BCUT2D eigenvalue weighted by Gasteiger charge is 2.46. The first-order chi connectivity index (χ1) is 12.9. The molecule has 1 aromatic rings. The first kappa shape index (κ1) is 23.1. The summed E-state index contributed by atoms with van der Waals surface area (Å²) in [5.74, 6) is 0. The Kier molecular flexibility index (Phi) is 7.17. The van der Waals surface area contributed by atoms with Crippen LogP contribution < -0.4 is 11.2 Å². The van der Waals surface area contributed by atoms with Crippen molar-refractivity contribution < 1.29 is 22.8 Å². The Morgan fingerprint density at radius 2 is 2.00 bits per heavy atom. The van der Waals surface area contributed by atoms with E-state index < -0.39 is 40.2 Å². The smallest absolute Gasteiger partial charge is 0.411 e. The zero-order valence-electron chi connectivity index (χ0n) is 17.5. The second kappa shape index (κ2) is 8.69. The summed E-state index contributed by atoms with van der Waals surface area (Å²) in [5.41, 5.74) is -0.561. The van der Waals surface area contributed by atoms with Gasteiger partial charge in [-0.15, -0.1) is 9.05 Å².